The van der Waals surface area contributed by atoms with Crippen molar-refractivity contribution in [2.75, 3.05) is 6.61 Å². The van der Waals surface area contributed by atoms with Gasteiger partial charge in [0.1, 0.15) is 12.1 Å². The second-order valence-electron chi connectivity index (χ2n) is 3.10. The van der Waals surface area contributed by atoms with Gasteiger partial charge in [0.15, 0.2) is 0 Å². The van der Waals surface area contributed by atoms with Gasteiger partial charge in [0.25, 0.3) is 0 Å². The molecule has 0 fully saturated rings. The van der Waals surface area contributed by atoms with Crippen molar-refractivity contribution in [3.05, 3.63) is 18.0 Å². The lowest BCUT2D eigenvalue weighted by atomic mass is 10.1. The maximum absolute atomic E-state index is 11.3. The first-order valence-corrected chi connectivity index (χ1v) is 4.66. The maximum Gasteiger partial charge on any atom is 0.326 e. The first-order valence-electron chi connectivity index (χ1n) is 4.66. The number of aryl methyl sites for hydroxylation is 1. The Hall–Kier alpha value is -1.40. The Morgan fingerprint density at radius 3 is 2.93 bits per heavy atom. The van der Waals surface area contributed by atoms with Crippen LogP contribution in [0.2, 0.25) is 0 Å². The molecule has 1 aromatic heterocycles. The first-order chi connectivity index (χ1) is 7.07. The van der Waals surface area contributed by atoms with Crippen LogP contribution in [-0.4, -0.2) is 33.5 Å². The molecule has 0 amide bonds. The summed E-state index contributed by atoms with van der Waals surface area (Å²) in [6.07, 6.45) is 0.424. The fourth-order valence-corrected chi connectivity index (χ4v) is 1.23. The molecule has 2 unspecified atom stereocenters. The summed E-state index contributed by atoms with van der Waals surface area (Å²) in [6, 6.07) is 0.518. The summed E-state index contributed by atoms with van der Waals surface area (Å²) in [4.78, 5) is 11.3. The van der Waals surface area contributed by atoms with Crippen molar-refractivity contribution in [1.82, 2.24) is 9.78 Å². The monoisotopic (exact) mass is 213 g/mol. The predicted octanol–water partition coefficient (Wildman–Crippen LogP) is -0.656. The van der Waals surface area contributed by atoms with Crippen LogP contribution >= 0.6 is 0 Å². The molecule has 1 rings (SSSR count). The molecule has 3 N–H and O–H groups in total. The number of hydrogen-bond acceptors (Lipinski definition) is 5. The number of esters is 1. The zero-order valence-corrected chi connectivity index (χ0v) is 8.75. The number of carbonyl (C=O) groups is 1. The lowest BCUT2D eigenvalue weighted by molar-refractivity contribution is -0.147. The Morgan fingerprint density at radius 2 is 2.47 bits per heavy atom. The largest absolute Gasteiger partial charge is 0.465 e. The van der Waals surface area contributed by atoms with Crippen molar-refractivity contribution in [2.24, 2.45) is 12.8 Å². The Balaban J connectivity index is 2.72. The summed E-state index contributed by atoms with van der Waals surface area (Å²) in [5, 5.41) is 13.6. The van der Waals surface area contributed by atoms with Gasteiger partial charge in [-0.3, -0.25) is 9.48 Å². The van der Waals surface area contributed by atoms with Crippen molar-refractivity contribution in [2.45, 2.75) is 19.1 Å². The summed E-state index contributed by atoms with van der Waals surface area (Å²) < 4.78 is 6.17. The van der Waals surface area contributed by atoms with Gasteiger partial charge in [0.05, 0.1) is 12.3 Å². The molecular formula is C9H15N3O3. The molecule has 1 aromatic rings. The van der Waals surface area contributed by atoms with Crippen LogP contribution in [0.25, 0.3) is 0 Å². The van der Waals surface area contributed by atoms with Gasteiger partial charge in [-0.25, -0.2) is 0 Å². The standard InChI is InChI=1S/C9H15N3O3/c1-3-15-9(14)7(10)8(13)6-4-5-11-12(6)2/h4-5,7-8,13H,3,10H2,1-2H3. The van der Waals surface area contributed by atoms with E-state index >= 15 is 0 Å². The maximum atomic E-state index is 11.3. The van der Waals surface area contributed by atoms with Crippen LogP contribution in [0.4, 0.5) is 0 Å². The van der Waals surface area contributed by atoms with Crippen LogP contribution in [-0.2, 0) is 16.6 Å². The van der Waals surface area contributed by atoms with E-state index in [1.165, 1.54) is 10.9 Å². The minimum atomic E-state index is -1.10. The summed E-state index contributed by atoms with van der Waals surface area (Å²) in [5.41, 5.74) is 6.02. The van der Waals surface area contributed by atoms with E-state index in [0.29, 0.717) is 5.69 Å². The van der Waals surface area contributed by atoms with Crippen LogP contribution < -0.4 is 5.73 Å². The van der Waals surface area contributed by atoms with Crippen LogP contribution in [0.15, 0.2) is 12.3 Å². The summed E-state index contributed by atoms with van der Waals surface area (Å²) >= 11 is 0. The number of carbonyl (C=O) groups excluding carboxylic acids is 1. The van der Waals surface area contributed by atoms with E-state index in [1.54, 1.807) is 20.0 Å². The highest BCUT2D eigenvalue weighted by atomic mass is 16.5. The molecule has 6 heteroatoms. The van der Waals surface area contributed by atoms with E-state index < -0.39 is 18.1 Å². The van der Waals surface area contributed by atoms with Gasteiger partial charge in [-0.05, 0) is 13.0 Å². The Bertz CT molecular complexity index is 337. The highest BCUT2D eigenvalue weighted by molar-refractivity contribution is 5.76. The van der Waals surface area contributed by atoms with Crippen molar-refractivity contribution >= 4 is 5.97 Å². The van der Waals surface area contributed by atoms with Gasteiger partial charge in [-0.1, -0.05) is 0 Å². The zero-order valence-electron chi connectivity index (χ0n) is 8.75. The molecule has 6 nitrogen and oxygen atoms in total. The van der Waals surface area contributed by atoms with Crippen molar-refractivity contribution in [1.29, 1.82) is 0 Å². The molecule has 0 aliphatic heterocycles. The minimum Gasteiger partial charge on any atom is -0.465 e. The van der Waals surface area contributed by atoms with Gasteiger partial charge in [-0.15, -0.1) is 0 Å². The predicted molar refractivity (Wildman–Crippen MR) is 52.8 cm³/mol. The minimum absolute atomic E-state index is 0.241. The fraction of sp³-hybridized carbons (Fsp3) is 0.556. The van der Waals surface area contributed by atoms with Crippen molar-refractivity contribution in [3.8, 4) is 0 Å². The van der Waals surface area contributed by atoms with Gasteiger partial charge in [0, 0.05) is 13.2 Å². The fourth-order valence-electron chi connectivity index (χ4n) is 1.23. The molecule has 0 aromatic carbocycles. The number of ether oxygens (including phenoxy) is 1. The molecule has 0 radical (unpaired) electrons. The molecule has 2 atom stereocenters. The van der Waals surface area contributed by atoms with E-state index in [1.807, 2.05) is 0 Å². The molecule has 0 aliphatic rings. The van der Waals surface area contributed by atoms with E-state index in [9.17, 15) is 9.90 Å². The quantitative estimate of drug-likeness (QED) is 0.648. The number of nitrogens with two attached hydrogens (primary N) is 1. The molecule has 0 aliphatic carbocycles. The molecule has 15 heavy (non-hydrogen) atoms. The van der Waals surface area contributed by atoms with Crippen LogP contribution in [0.1, 0.15) is 18.7 Å². The first kappa shape index (κ1) is 11.7. The third-order valence-electron chi connectivity index (χ3n) is 2.06. The van der Waals surface area contributed by atoms with Gasteiger partial charge < -0.3 is 15.6 Å². The number of rotatable bonds is 4. The average molecular weight is 213 g/mol. The molecular weight excluding hydrogens is 198 g/mol. The third-order valence-corrected chi connectivity index (χ3v) is 2.06. The van der Waals surface area contributed by atoms with E-state index in [4.69, 9.17) is 10.5 Å². The second-order valence-corrected chi connectivity index (χ2v) is 3.10. The van der Waals surface area contributed by atoms with Crippen LogP contribution in [0.3, 0.4) is 0 Å². The number of aromatic nitrogens is 2. The Morgan fingerprint density at radius 1 is 1.80 bits per heavy atom. The van der Waals surface area contributed by atoms with Crippen molar-refractivity contribution in [3.63, 3.8) is 0 Å². The number of nitrogens with zero attached hydrogens (tertiary/aromatic N) is 2. The number of aliphatic hydroxyl groups excluding tert-OH is 1. The zero-order chi connectivity index (χ0) is 11.4. The number of aliphatic hydroxyl groups is 1. The molecule has 84 valence electrons. The topological polar surface area (TPSA) is 90.4 Å². The highest BCUT2D eigenvalue weighted by Crippen LogP contribution is 2.14. The molecule has 0 saturated carbocycles. The SMILES string of the molecule is CCOC(=O)C(N)C(O)c1ccnn1C. The lowest BCUT2D eigenvalue weighted by Gasteiger charge is -2.17. The van der Waals surface area contributed by atoms with Crippen LogP contribution in [0, 0.1) is 0 Å². The van der Waals surface area contributed by atoms with Gasteiger partial charge in [-0.2, -0.15) is 5.10 Å². The second kappa shape index (κ2) is 4.90. The molecule has 0 bridgehead atoms. The Labute approximate surface area is 87.6 Å². The molecule has 0 spiro atoms. The molecule has 1 heterocycles. The smallest absolute Gasteiger partial charge is 0.326 e. The van der Waals surface area contributed by atoms with E-state index in [2.05, 4.69) is 5.10 Å². The van der Waals surface area contributed by atoms with E-state index in [0.717, 1.165) is 0 Å². The summed E-state index contributed by atoms with van der Waals surface area (Å²) in [7, 11) is 1.66. The van der Waals surface area contributed by atoms with E-state index in [-0.39, 0.29) is 6.61 Å². The Kier molecular flexibility index (Phi) is 3.81. The van der Waals surface area contributed by atoms with Gasteiger partial charge >= 0.3 is 5.97 Å². The third kappa shape index (κ3) is 2.54. The normalized spacial score (nSPS) is 14.7. The summed E-state index contributed by atoms with van der Waals surface area (Å²) in [6.45, 7) is 1.92. The lowest BCUT2D eigenvalue weighted by Crippen LogP contribution is -2.38. The molecule has 0 saturated heterocycles. The van der Waals surface area contributed by atoms with Crippen molar-refractivity contribution < 1.29 is 14.6 Å². The highest BCUT2D eigenvalue weighted by Gasteiger charge is 2.27. The van der Waals surface area contributed by atoms with Crippen LogP contribution in [0.5, 0.6) is 0 Å². The number of hydrogen-bond donors (Lipinski definition) is 2. The van der Waals surface area contributed by atoms with Gasteiger partial charge in [0.2, 0.25) is 0 Å². The summed E-state index contributed by atoms with van der Waals surface area (Å²) in [5.74, 6) is -0.619. The average Bonchev–Trinajstić information content (AvgIpc) is 2.62.